The van der Waals surface area contributed by atoms with E-state index in [1.807, 2.05) is 43.3 Å². The van der Waals surface area contributed by atoms with E-state index in [0.29, 0.717) is 0 Å². The minimum Gasteiger partial charge on any atom is -0.321 e. The maximum absolute atomic E-state index is 11.8. The first-order valence-corrected chi connectivity index (χ1v) is 6.83. The van der Waals surface area contributed by atoms with Gasteiger partial charge in [0.15, 0.2) is 0 Å². The number of hydrogen-bond donors (Lipinski definition) is 1. The van der Waals surface area contributed by atoms with Crippen LogP contribution in [0.4, 0.5) is 0 Å². The van der Waals surface area contributed by atoms with Crippen LogP contribution in [-0.4, -0.2) is 4.98 Å². The summed E-state index contributed by atoms with van der Waals surface area (Å²) in [6, 6.07) is 15.6. The minimum atomic E-state index is -0.0731. The fourth-order valence-electron chi connectivity index (χ4n) is 2.34. The van der Waals surface area contributed by atoms with Gasteiger partial charge in [-0.05, 0) is 30.0 Å². The number of fused-ring (bicyclic) bond motifs is 1. The van der Waals surface area contributed by atoms with Crippen LogP contribution in [0.2, 0.25) is 0 Å². The molecule has 94 valence electrons. The summed E-state index contributed by atoms with van der Waals surface area (Å²) < 4.78 is 1.04. The predicted molar refractivity (Wildman–Crippen MR) is 82.4 cm³/mol. The van der Waals surface area contributed by atoms with E-state index in [9.17, 15) is 4.79 Å². The fourth-order valence-corrected chi connectivity index (χ4v) is 2.81. The zero-order valence-electron chi connectivity index (χ0n) is 10.4. The second-order valence-corrected chi connectivity index (χ2v) is 5.47. The van der Waals surface area contributed by atoms with Crippen LogP contribution < -0.4 is 5.56 Å². The summed E-state index contributed by atoms with van der Waals surface area (Å²) in [5.74, 6) is 0. The predicted octanol–water partition coefficient (Wildman–Crippen LogP) is 4.27. The van der Waals surface area contributed by atoms with Crippen molar-refractivity contribution in [2.45, 2.75) is 6.92 Å². The average Bonchev–Trinajstić information content (AvgIpc) is 2.38. The summed E-state index contributed by atoms with van der Waals surface area (Å²) in [4.78, 5) is 14.7. The van der Waals surface area contributed by atoms with Crippen molar-refractivity contribution in [3.05, 3.63) is 68.9 Å². The normalized spacial score (nSPS) is 10.8. The SMILES string of the molecule is Cc1cc(Br)ccc1-c1[nH]c(=O)cc2ccccc12. The van der Waals surface area contributed by atoms with Gasteiger partial charge in [-0.1, -0.05) is 46.3 Å². The lowest BCUT2D eigenvalue weighted by atomic mass is 10.0. The lowest BCUT2D eigenvalue weighted by Crippen LogP contribution is -2.05. The highest BCUT2D eigenvalue weighted by Crippen LogP contribution is 2.29. The van der Waals surface area contributed by atoms with Crippen LogP contribution >= 0.6 is 15.9 Å². The number of aromatic nitrogens is 1. The molecule has 0 bridgehead atoms. The number of nitrogens with one attached hydrogen (secondary N) is 1. The summed E-state index contributed by atoms with van der Waals surface area (Å²) in [6.45, 7) is 2.04. The zero-order valence-corrected chi connectivity index (χ0v) is 12.0. The molecule has 3 rings (SSSR count). The number of hydrogen-bond acceptors (Lipinski definition) is 1. The molecule has 3 aromatic rings. The van der Waals surface area contributed by atoms with Crippen LogP contribution in [0, 0.1) is 6.92 Å². The highest BCUT2D eigenvalue weighted by molar-refractivity contribution is 9.10. The summed E-state index contributed by atoms with van der Waals surface area (Å²) in [6.07, 6.45) is 0. The Labute approximate surface area is 119 Å². The van der Waals surface area contributed by atoms with Crippen molar-refractivity contribution in [3.63, 3.8) is 0 Å². The van der Waals surface area contributed by atoms with E-state index < -0.39 is 0 Å². The third-order valence-electron chi connectivity index (χ3n) is 3.22. The topological polar surface area (TPSA) is 32.9 Å². The molecule has 0 radical (unpaired) electrons. The molecule has 0 aliphatic heterocycles. The molecule has 0 fully saturated rings. The average molecular weight is 314 g/mol. The third kappa shape index (κ3) is 2.22. The van der Waals surface area contributed by atoms with Gasteiger partial charge in [0.1, 0.15) is 0 Å². The summed E-state index contributed by atoms with van der Waals surface area (Å²) in [5.41, 5.74) is 2.99. The molecule has 2 nitrogen and oxygen atoms in total. The number of halogens is 1. The smallest absolute Gasteiger partial charge is 0.249 e. The monoisotopic (exact) mass is 313 g/mol. The molecule has 0 saturated heterocycles. The van der Waals surface area contributed by atoms with E-state index in [0.717, 1.165) is 32.1 Å². The number of rotatable bonds is 1. The van der Waals surface area contributed by atoms with Crippen molar-refractivity contribution in [2.24, 2.45) is 0 Å². The molecular weight excluding hydrogens is 302 g/mol. The highest BCUT2D eigenvalue weighted by Gasteiger charge is 2.08. The molecule has 1 aromatic heterocycles. The van der Waals surface area contributed by atoms with Gasteiger partial charge >= 0.3 is 0 Å². The summed E-state index contributed by atoms with van der Waals surface area (Å²) in [5, 5.41) is 2.02. The first-order valence-electron chi connectivity index (χ1n) is 6.04. The van der Waals surface area contributed by atoms with Crippen molar-refractivity contribution in [2.75, 3.05) is 0 Å². The largest absolute Gasteiger partial charge is 0.321 e. The molecule has 1 N–H and O–H groups in total. The Bertz CT molecular complexity index is 820. The van der Waals surface area contributed by atoms with Crippen LogP contribution in [-0.2, 0) is 0 Å². The summed E-state index contributed by atoms with van der Waals surface area (Å²) >= 11 is 3.46. The van der Waals surface area contributed by atoms with Crippen molar-refractivity contribution in [1.82, 2.24) is 4.98 Å². The molecule has 19 heavy (non-hydrogen) atoms. The maximum Gasteiger partial charge on any atom is 0.249 e. The number of aryl methyl sites for hydroxylation is 1. The first kappa shape index (κ1) is 12.2. The molecular formula is C16H12BrNO. The van der Waals surface area contributed by atoms with E-state index in [-0.39, 0.29) is 5.56 Å². The first-order chi connectivity index (χ1) is 9.15. The standard InChI is InChI=1S/C16H12BrNO/c1-10-8-12(17)6-7-13(10)16-14-5-3-2-4-11(14)9-15(19)18-16/h2-9H,1H3,(H,18,19). The third-order valence-corrected chi connectivity index (χ3v) is 3.72. The Kier molecular flexibility index (Phi) is 2.99. The lowest BCUT2D eigenvalue weighted by molar-refractivity contribution is 1.26. The Morgan fingerprint density at radius 3 is 2.63 bits per heavy atom. The van der Waals surface area contributed by atoms with Crippen molar-refractivity contribution < 1.29 is 0 Å². The number of aromatic amines is 1. The summed E-state index contributed by atoms with van der Waals surface area (Å²) in [7, 11) is 0. The van der Waals surface area contributed by atoms with Crippen LogP contribution in [0.5, 0.6) is 0 Å². The molecule has 0 aliphatic rings. The van der Waals surface area contributed by atoms with Gasteiger partial charge in [-0.15, -0.1) is 0 Å². The van der Waals surface area contributed by atoms with Gasteiger partial charge in [0, 0.05) is 21.5 Å². The van der Waals surface area contributed by atoms with Gasteiger partial charge in [0.2, 0.25) is 5.56 Å². The second-order valence-electron chi connectivity index (χ2n) is 4.56. The molecule has 0 amide bonds. The van der Waals surface area contributed by atoms with E-state index in [4.69, 9.17) is 0 Å². The highest BCUT2D eigenvalue weighted by atomic mass is 79.9. The van der Waals surface area contributed by atoms with Crippen LogP contribution in [0.3, 0.4) is 0 Å². The molecule has 0 atom stereocenters. The van der Waals surface area contributed by atoms with Crippen molar-refractivity contribution in [1.29, 1.82) is 0 Å². The van der Waals surface area contributed by atoms with E-state index >= 15 is 0 Å². The quantitative estimate of drug-likeness (QED) is 0.715. The lowest BCUT2D eigenvalue weighted by Gasteiger charge is -2.09. The van der Waals surface area contributed by atoms with Gasteiger partial charge in [0.25, 0.3) is 0 Å². The van der Waals surface area contributed by atoms with Gasteiger partial charge in [-0.25, -0.2) is 0 Å². The van der Waals surface area contributed by atoms with Gasteiger partial charge in [-0.2, -0.15) is 0 Å². The Morgan fingerprint density at radius 2 is 1.84 bits per heavy atom. The van der Waals surface area contributed by atoms with Crippen molar-refractivity contribution in [3.8, 4) is 11.3 Å². The van der Waals surface area contributed by atoms with Crippen molar-refractivity contribution >= 4 is 26.7 Å². The van der Waals surface area contributed by atoms with Crippen LogP contribution in [0.25, 0.3) is 22.0 Å². The zero-order chi connectivity index (χ0) is 13.4. The molecule has 1 heterocycles. The van der Waals surface area contributed by atoms with E-state index in [2.05, 4.69) is 27.0 Å². The minimum absolute atomic E-state index is 0.0731. The van der Waals surface area contributed by atoms with E-state index in [1.54, 1.807) is 6.07 Å². The molecule has 0 saturated carbocycles. The molecule has 3 heteroatoms. The molecule has 0 unspecified atom stereocenters. The van der Waals surface area contributed by atoms with Gasteiger partial charge < -0.3 is 4.98 Å². The molecule has 0 aliphatic carbocycles. The molecule has 0 spiro atoms. The number of pyridine rings is 1. The number of benzene rings is 2. The van der Waals surface area contributed by atoms with Gasteiger partial charge in [-0.3, -0.25) is 4.79 Å². The Morgan fingerprint density at radius 1 is 1.05 bits per heavy atom. The Hall–Kier alpha value is -1.87. The Balaban J connectivity index is 2.39. The van der Waals surface area contributed by atoms with Gasteiger partial charge in [0.05, 0.1) is 5.69 Å². The fraction of sp³-hybridized carbons (Fsp3) is 0.0625. The number of H-pyrrole nitrogens is 1. The maximum atomic E-state index is 11.8. The van der Waals surface area contributed by atoms with Crippen LogP contribution in [0.1, 0.15) is 5.56 Å². The van der Waals surface area contributed by atoms with Crippen LogP contribution in [0.15, 0.2) is 57.8 Å². The van der Waals surface area contributed by atoms with E-state index in [1.165, 1.54) is 0 Å². The second kappa shape index (κ2) is 4.67. The molecule has 2 aromatic carbocycles.